The largest absolute Gasteiger partial charge is 0.394 e. The van der Waals surface area contributed by atoms with Crippen LogP contribution in [-0.4, -0.2) is 35.1 Å². The molecule has 1 saturated carbocycles. The highest BCUT2D eigenvalue weighted by Gasteiger charge is 2.42. The Balaban J connectivity index is 1.93. The number of hydrogen-bond acceptors (Lipinski definition) is 3. The second-order valence-electron chi connectivity index (χ2n) is 6.04. The fraction of sp³-hybridized carbons (Fsp3) is 0.500. The molecule has 0 aromatic heterocycles. The van der Waals surface area contributed by atoms with E-state index in [2.05, 4.69) is 10.6 Å². The standard InChI is InChI=1S/C16H21ClN2O3/c1-10(14(21)19-16(2,9-20)12-5-6-12)18-15(22)11-3-7-13(17)8-4-11/h3-4,7-8,10,12,20H,5-6,9H2,1-2H3,(H,18,22)(H,19,21). The van der Waals surface area contributed by atoms with Gasteiger partial charge >= 0.3 is 0 Å². The summed E-state index contributed by atoms with van der Waals surface area (Å²) in [6.07, 6.45) is 2.01. The number of rotatable bonds is 6. The molecule has 2 rings (SSSR count). The normalized spacial score (nSPS) is 18.2. The Hall–Kier alpha value is -1.59. The number of aliphatic hydroxyl groups excluding tert-OH is 1. The van der Waals surface area contributed by atoms with Crippen molar-refractivity contribution in [1.29, 1.82) is 0 Å². The average Bonchev–Trinajstić information content (AvgIpc) is 3.32. The monoisotopic (exact) mass is 324 g/mol. The maximum atomic E-state index is 12.2. The average molecular weight is 325 g/mol. The maximum Gasteiger partial charge on any atom is 0.251 e. The van der Waals surface area contributed by atoms with E-state index in [1.165, 1.54) is 0 Å². The summed E-state index contributed by atoms with van der Waals surface area (Å²) in [6.45, 7) is 3.34. The summed E-state index contributed by atoms with van der Waals surface area (Å²) in [5, 5.41) is 15.5. The highest BCUT2D eigenvalue weighted by atomic mass is 35.5. The lowest BCUT2D eigenvalue weighted by molar-refractivity contribution is -0.125. The van der Waals surface area contributed by atoms with Gasteiger partial charge in [-0.25, -0.2) is 0 Å². The van der Waals surface area contributed by atoms with Crippen molar-refractivity contribution in [3.63, 3.8) is 0 Å². The predicted molar refractivity (Wildman–Crippen MR) is 84.7 cm³/mol. The molecule has 0 bridgehead atoms. The van der Waals surface area contributed by atoms with E-state index in [0.29, 0.717) is 16.5 Å². The van der Waals surface area contributed by atoms with Crippen LogP contribution in [0.5, 0.6) is 0 Å². The summed E-state index contributed by atoms with van der Waals surface area (Å²) in [4.78, 5) is 24.3. The topological polar surface area (TPSA) is 78.4 Å². The third-order valence-corrected chi connectivity index (χ3v) is 4.31. The van der Waals surface area contributed by atoms with Gasteiger partial charge in [-0.1, -0.05) is 11.6 Å². The zero-order valence-electron chi connectivity index (χ0n) is 12.7. The minimum atomic E-state index is -0.687. The molecule has 22 heavy (non-hydrogen) atoms. The number of amides is 2. The van der Waals surface area contributed by atoms with Crippen molar-refractivity contribution >= 4 is 23.4 Å². The summed E-state index contributed by atoms with van der Waals surface area (Å²) < 4.78 is 0. The first kappa shape index (κ1) is 16.8. The number of benzene rings is 1. The molecule has 0 heterocycles. The molecule has 2 unspecified atom stereocenters. The summed E-state index contributed by atoms with van der Waals surface area (Å²) >= 11 is 5.78. The summed E-state index contributed by atoms with van der Waals surface area (Å²) in [7, 11) is 0. The van der Waals surface area contributed by atoms with Crippen LogP contribution in [0, 0.1) is 5.92 Å². The minimum absolute atomic E-state index is 0.110. The summed E-state index contributed by atoms with van der Waals surface area (Å²) in [6, 6.07) is 5.76. The number of hydrogen-bond donors (Lipinski definition) is 3. The third kappa shape index (κ3) is 3.99. The molecule has 1 aromatic carbocycles. The van der Waals surface area contributed by atoms with Crippen LogP contribution in [0.15, 0.2) is 24.3 Å². The molecule has 2 atom stereocenters. The first-order valence-electron chi connectivity index (χ1n) is 7.35. The van der Waals surface area contributed by atoms with E-state index in [0.717, 1.165) is 12.8 Å². The van der Waals surface area contributed by atoms with Crippen LogP contribution in [0.1, 0.15) is 37.0 Å². The van der Waals surface area contributed by atoms with Gasteiger partial charge in [0.2, 0.25) is 5.91 Å². The van der Waals surface area contributed by atoms with E-state index in [-0.39, 0.29) is 18.4 Å². The summed E-state index contributed by atoms with van der Waals surface area (Å²) in [5.74, 6) is -0.331. The molecule has 120 valence electrons. The molecule has 0 aliphatic heterocycles. The van der Waals surface area contributed by atoms with Crippen molar-refractivity contribution in [2.24, 2.45) is 5.92 Å². The molecule has 0 spiro atoms. The van der Waals surface area contributed by atoms with Crippen molar-refractivity contribution in [2.45, 2.75) is 38.3 Å². The molecule has 0 saturated heterocycles. The van der Waals surface area contributed by atoms with Crippen LogP contribution < -0.4 is 10.6 Å². The van der Waals surface area contributed by atoms with Crippen molar-refractivity contribution in [2.75, 3.05) is 6.61 Å². The Morgan fingerprint density at radius 1 is 1.36 bits per heavy atom. The Bertz CT molecular complexity index is 557. The lowest BCUT2D eigenvalue weighted by Crippen LogP contribution is -2.56. The van der Waals surface area contributed by atoms with Crippen LogP contribution >= 0.6 is 11.6 Å². The molecule has 1 aromatic rings. The molecule has 2 amide bonds. The van der Waals surface area contributed by atoms with Crippen LogP contribution in [0.2, 0.25) is 5.02 Å². The van der Waals surface area contributed by atoms with E-state index in [4.69, 9.17) is 11.6 Å². The minimum Gasteiger partial charge on any atom is -0.394 e. The van der Waals surface area contributed by atoms with Gasteiger partial charge < -0.3 is 15.7 Å². The fourth-order valence-electron chi connectivity index (χ4n) is 2.33. The van der Waals surface area contributed by atoms with Crippen LogP contribution in [-0.2, 0) is 4.79 Å². The molecule has 1 aliphatic rings. The Morgan fingerprint density at radius 2 is 1.95 bits per heavy atom. The number of carbonyl (C=O) groups is 2. The Morgan fingerprint density at radius 3 is 2.45 bits per heavy atom. The van der Waals surface area contributed by atoms with Crippen molar-refractivity contribution in [1.82, 2.24) is 10.6 Å². The first-order chi connectivity index (χ1) is 10.4. The number of nitrogens with one attached hydrogen (secondary N) is 2. The molecule has 5 nitrogen and oxygen atoms in total. The van der Waals surface area contributed by atoms with Gasteiger partial charge in [-0.3, -0.25) is 9.59 Å². The van der Waals surface area contributed by atoms with E-state index in [9.17, 15) is 14.7 Å². The molecule has 3 N–H and O–H groups in total. The van der Waals surface area contributed by atoms with Gasteiger partial charge in [-0.05, 0) is 56.9 Å². The van der Waals surface area contributed by atoms with Gasteiger partial charge in [0.05, 0.1) is 12.1 Å². The molecule has 6 heteroatoms. The molecule has 1 aliphatic carbocycles. The van der Waals surface area contributed by atoms with E-state index < -0.39 is 11.6 Å². The highest BCUT2D eigenvalue weighted by molar-refractivity contribution is 6.30. The van der Waals surface area contributed by atoms with Crippen molar-refractivity contribution in [3.8, 4) is 0 Å². The quantitative estimate of drug-likeness (QED) is 0.745. The van der Waals surface area contributed by atoms with Gasteiger partial charge in [0.15, 0.2) is 0 Å². The first-order valence-corrected chi connectivity index (χ1v) is 7.73. The number of aliphatic hydroxyl groups is 1. The second-order valence-corrected chi connectivity index (χ2v) is 6.48. The van der Waals surface area contributed by atoms with E-state index >= 15 is 0 Å². The van der Waals surface area contributed by atoms with Gasteiger partial charge in [-0.15, -0.1) is 0 Å². The zero-order chi connectivity index (χ0) is 16.3. The highest BCUT2D eigenvalue weighted by Crippen LogP contribution is 2.39. The van der Waals surface area contributed by atoms with Gasteiger partial charge in [-0.2, -0.15) is 0 Å². The maximum absolute atomic E-state index is 12.2. The number of halogens is 1. The lowest BCUT2D eigenvalue weighted by Gasteiger charge is -2.30. The zero-order valence-corrected chi connectivity index (χ0v) is 13.5. The Kier molecular flexibility index (Phi) is 5.08. The van der Waals surface area contributed by atoms with Gasteiger partial charge in [0.25, 0.3) is 5.91 Å². The van der Waals surface area contributed by atoms with E-state index in [1.807, 2.05) is 6.92 Å². The SMILES string of the molecule is CC(NC(=O)c1ccc(Cl)cc1)C(=O)NC(C)(CO)C1CC1. The fourth-order valence-corrected chi connectivity index (χ4v) is 2.45. The van der Waals surface area contributed by atoms with Gasteiger partial charge in [0.1, 0.15) is 6.04 Å². The smallest absolute Gasteiger partial charge is 0.251 e. The van der Waals surface area contributed by atoms with Crippen molar-refractivity contribution in [3.05, 3.63) is 34.9 Å². The number of carbonyl (C=O) groups excluding carboxylic acids is 2. The molecular weight excluding hydrogens is 304 g/mol. The van der Waals surface area contributed by atoms with E-state index in [1.54, 1.807) is 31.2 Å². The predicted octanol–water partition coefficient (Wildman–Crippen LogP) is 1.74. The molecule has 0 radical (unpaired) electrons. The van der Waals surface area contributed by atoms with Crippen LogP contribution in [0.3, 0.4) is 0 Å². The summed E-state index contributed by atoms with van der Waals surface area (Å²) in [5.41, 5.74) is -0.174. The third-order valence-electron chi connectivity index (χ3n) is 4.06. The second kappa shape index (κ2) is 6.67. The van der Waals surface area contributed by atoms with Gasteiger partial charge in [0, 0.05) is 10.6 Å². The lowest BCUT2D eigenvalue weighted by atomic mass is 9.96. The van der Waals surface area contributed by atoms with Crippen molar-refractivity contribution < 1.29 is 14.7 Å². The molecule has 1 fully saturated rings. The van der Waals surface area contributed by atoms with Crippen LogP contribution in [0.25, 0.3) is 0 Å². The Labute approximate surface area is 135 Å². The molecular formula is C16H21ClN2O3. The van der Waals surface area contributed by atoms with Crippen LogP contribution in [0.4, 0.5) is 0 Å².